The predicted octanol–water partition coefficient (Wildman–Crippen LogP) is 1.60. The van der Waals surface area contributed by atoms with E-state index in [4.69, 9.17) is 0 Å². The molecule has 1 fully saturated rings. The number of nitrogens with zero attached hydrogens (tertiary/aromatic N) is 2. The first kappa shape index (κ1) is 16.1. The molecule has 2 rings (SSSR count). The minimum atomic E-state index is -3.48. The van der Waals surface area contributed by atoms with Gasteiger partial charge >= 0.3 is 0 Å². The van der Waals surface area contributed by atoms with Gasteiger partial charge in [-0.2, -0.15) is 4.31 Å². The molecule has 1 heterocycles. The van der Waals surface area contributed by atoms with Crippen molar-refractivity contribution < 1.29 is 13.2 Å². The highest BCUT2D eigenvalue weighted by Crippen LogP contribution is 2.22. The summed E-state index contributed by atoms with van der Waals surface area (Å²) >= 11 is 0. The third-order valence-electron chi connectivity index (χ3n) is 3.99. The molecule has 0 aliphatic carbocycles. The lowest BCUT2D eigenvalue weighted by atomic mass is 10.1. The predicted molar refractivity (Wildman–Crippen MR) is 81.9 cm³/mol. The summed E-state index contributed by atoms with van der Waals surface area (Å²) in [6.45, 7) is 2.54. The molecule has 1 saturated heterocycles. The Kier molecular flexibility index (Phi) is 4.81. The summed E-state index contributed by atoms with van der Waals surface area (Å²) in [6.07, 6.45) is 1.88. The molecule has 1 aromatic carbocycles. The lowest BCUT2D eigenvalue weighted by Crippen LogP contribution is -2.47. The minimum absolute atomic E-state index is 0.0652. The fourth-order valence-corrected chi connectivity index (χ4v) is 4.09. The van der Waals surface area contributed by atoms with Gasteiger partial charge in [-0.15, -0.1) is 0 Å². The molecule has 0 aromatic heterocycles. The summed E-state index contributed by atoms with van der Waals surface area (Å²) < 4.78 is 26.9. The molecule has 0 spiro atoms. The zero-order valence-electron chi connectivity index (χ0n) is 12.7. The number of ketones is 1. The van der Waals surface area contributed by atoms with Crippen LogP contribution in [0.5, 0.6) is 0 Å². The average Bonchev–Trinajstić information content (AvgIpc) is 2.47. The Bertz CT molecular complexity index is 608. The van der Waals surface area contributed by atoms with Gasteiger partial charge in [0.2, 0.25) is 10.0 Å². The molecule has 0 radical (unpaired) electrons. The SMILES string of the molecule is CC(=O)c1ccc(S(=O)(=O)N2CCCC(N(C)C)C2)cc1. The molecule has 1 aliphatic heterocycles. The van der Waals surface area contributed by atoms with E-state index in [1.165, 1.54) is 19.1 Å². The molecule has 0 N–H and O–H groups in total. The molecule has 1 unspecified atom stereocenters. The maximum absolute atomic E-state index is 12.7. The van der Waals surface area contributed by atoms with E-state index < -0.39 is 10.0 Å². The van der Waals surface area contributed by atoms with Gasteiger partial charge in [-0.1, -0.05) is 12.1 Å². The number of carbonyl (C=O) groups excluding carboxylic acids is 1. The van der Waals surface area contributed by atoms with Gasteiger partial charge in [0.1, 0.15) is 0 Å². The maximum Gasteiger partial charge on any atom is 0.243 e. The average molecular weight is 310 g/mol. The van der Waals surface area contributed by atoms with E-state index in [0.29, 0.717) is 18.7 Å². The molecule has 0 bridgehead atoms. The topological polar surface area (TPSA) is 57.7 Å². The van der Waals surface area contributed by atoms with Crippen molar-refractivity contribution in [3.05, 3.63) is 29.8 Å². The quantitative estimate of drug-likeness (QED) is 0.793. The van der Waals surface area contributed by atoms with Crippen LogP contribution < -0.4 is 0 Å². The van der Waals surface area contributed by atoms with Crippen LogP contribution in [0.25, 0.3) is 0 Å². The zero-order chi connectivity index (χ0) is 15.6. The van der Waals surface area contributed by atoms with Gasteiger partial charge in [0.15, 0.2) is 5.78 Å². The van der Waals surface area contributed by atoms with Crippen LogP contribution >= 0.6 is 0 Å². The minimum Gasteiger partial charge on any atom is -0.305 e. The molecule has 0 saturated carbocycles. The number of piperidine rings is 1. The number of hydrogen-bond donors (Lipinski definition) is 0. The fraction of sp³-hybridized carbons (Fsp3) is 0.533. The first-order valence-corrected chi connectivity index (χ1v) is 8.54. The van der Waals surface area contributed by atoms with Crippen molar-refractivity contribution in [1.82, 2.24) is 9.21 Å². The first-order chi connectivity index (χ1) is 9.82. The van der Waals surface area contributed by atoms with Crippen molar-refractivity contribution >= 4 is 15.8 Å². The number of rotatable bonds is 4. The Morgan fingerprint density at radius 2 is 1.86 bits per heavy atom. The van der Waals surface area contributed by atoms with Crippen molar-refractivity contribution in [2.75, 3.05) is 27.2 Å². The van der Waals surface area contributed by atoms with Gasteiger partial charge in [-0.05, 0) is 46.0 Å². The van der Waals surface area contributed by atoms with Crippen molar-refractivity contribution in [2.24, 2.45) is 0 Å². The van der Waals surface area contributed by atoms with Gasteiger partial charge in [0, 0.05) is 24.7 Å². The summed E-state index contributed by atoms with van der Waals surface area (Å²) in [5.41, 5.74) is 0.527. The monoisotopic (exact) mass is 310 g/mol. The van der Waals surface area contributed by atoms with Crippen LogP contribution in [0.1, 0.15) is 30.1 Å². The molecule has 0 amide bonds. The number of carbonyl (C=O) groups is 1. The van der Waals surface area contributed by atoms with Gasteiger partial charge in [0.05, 0.1) is 4.90 Å². The molecule has 1 aliphatic rings. The standard InChI is InChI=1S/C15H22N2O3S/c1-12(18)13-6-8-15(9-7-13)21(19,20)17-10-4-5-14(11-17)16(2)3/h6-9,14H,4-5,10-11H2,1-3H3. The number of benzene rings is 1. The lowest BCUT2D eigenvalue weighted by molar-refractivity contribution is 0.101. The molecule has 5 nitrogen and oxygen atoms in total. The Balaban J connectivity index is 2.22. The second-order valence-electron chi connectivity index (χ2n) is 5.70. The Hall–Kier alpha value is -1.24. The molecular weight excluding hydrogens is 288 g/mol. The van der Waals surface area contributed by atoms with E-state index in [-0.39, 0.29) is 16.7 Å². The Morgan fingerprint density at radius 1 is 1.24 bits per heavy atom. The van der Waals surface area contributed by atoms with Crippen LogP contribution in [0.2, 0.25) is 0 Å². The summed E-state index contributed by atoms with van der Waals surface area (Å²) in [6, 6.07) is 6.44. The van der Waals surface area contributed by atoms with E-state index in [1.807, 2.05) is 14.1 Å². The van der Waals surface area contributed by atoms with Crippen molar-refractivity contribution in [3.8, 4) is 0 Å². The largest absolute Gasteiger partial charge is 0.305 e. The van der Waals surface area contributed by atoms with Crippen LogP contribution in [-0.2, 0) is 10.0 Å². The van der Waals surface area contributed by atoms with Crippen LogP contribution in [0.4, 0.5) is 0 Å². The van der Waals surface area contributed by atoms with E-state index in [1.54, 1.807) is 16.4 Å². The van der Waals surface area contributed by atoms with Crippen LogP contribution in [0.3, 0.4) is 0 Å². The molecule has 6 heteroatoms. The van der Waals surface area contributed by atoms with Gasteiger partial charge in [-0.3, -0.25) is 4.79 Å². The van der Waals surface area contributed by atoms with Crippen LogP contribution in [0.15, 0.2) is 29.2 Å². The van der Waals surface area contributed by atoms with Gasteiger partial charge in [-0.25, -0.2) is 8.42 Å². The van der Waals surface area contributed by atoms with Crippen LogP contribution in [-0.4, -0.2) is 56.6 Å². The normalized spacial score (nSPS) is 20.7. The van der Waals surface area contributed by atoms with E-state index >= 15 is 0 Å². The Morgan fingerprint density at radius 3 is 2.38 bits per heavy atom. The van der Waals surface area contributed by atoms with E-state index in [2.05, 4.69) is 4.90 Å². The van der Waals surface area contributed by atoms with E-state index in [9.17, 15) is 13.2 Å². The smallest absolute Gasteiger partial charge is 0.243 e. The summed E-state index contributed by atoms with van der Waals surface area (Å²) in [4.78, 5) is 13.6. The van der Waals surface area contributed by atoms with Crippen molar-refractivity contribution in [1.29, 1.82) is 0 Å². The van der Waals surface area contributed by atoms with Crippen molar-refractivity contribution in [3.63, 3.8) is 0 Å². The summed E-state index contributed by atoms with van der Waals surface area (Å²) in [5.74, 6) is -0.0652. The third kappa shape index (κ3) is 3.51. The highest BCUT2D eigenvalue weighted by molar-refractivity contribution is 7.89. The van der Waals surface area contributed by atoms with E-state index in [0.717, 1.165) is 12.8 Å². The number of sulfonamides is 1. The lowest BCUT2D eigenvalue weighted by Gasteiger charge is -2.35. The van der Waals surface area contributed by atoms with Crippen molar-refractivity contribution in [2.45, 2.75) is 30.7 Å². The number of likely N-dealkylation sites (N-methyl/N-ethyl adjacent to an activating group) is 1. The van der Waals surface area contributed by atoms with Crippen LogP contribution in [0, 0.1) is 0 Å². The molecule has 1 atom stereocenters. The maximum atomic E-state index is 12.7. The highest BCUT2D eigenvalue weighted by Gasteiger charge is 2.30. The zero-order valence-corrected chi connectivity index (χ0v) is 13.6. The fourth-order valence-electron chi connectivity index (χ4n) is 2.57. The summed E-state index contributed by atoms with van der Waals surface area (Å²) in [5, 5.41) is 0. The molecule has 21 heavy (non-hydrogen) atoms. The van der Waals surface area contributed by atoms with Gasteiger partial charge < -0.3 is 4.90 Å². The second kappa shape index (κ2) is 6.25. The summed E-state index contributed by atoms with van der Waals surface area (Å²) in [7, 11) is 0.474. The first-order valence-electron chi connectivity index (χ1n) is 7.10. The molecule has 116 valence electrons. The van der Waals surface area contributed by atoms with Gasteiger partial charge in [0.25, 0.3) is 0 Å². The second-order valence-corrected chi connectivity index (χ2v) is 7.64. The number of Topliss-reactive ketones (excluding diaryl/α,β-unsaturated/α-hetero) is 1. The highest BCUT2D eigenvalue weighted by atomic mass is 32.2. The molecule has 1 aromatic rings. The Labute approximate surface area is 126 Å². The third-order valence-corrected chi connectivity index (χ3v) is 5.87. The number of hydrogen-bond acceptors (Lipinski definition) is 4. The molecular formula is C15H22N2O3S.